The third kappa shape index (κ3) is 8.46. The topological polar surface area (TPSA) is 170 Å². The Labute approximate surface area is 205 Å². The lowest BCUT2D eigenvalue weighted by atomic mass is 10.1. The number of hydrogen-bond acceptors (Lipinski definition) is 11. The van der Waals surface area contributed by atoms with E-state index >= 15 is 0 Å². The number of imidazole rings is 1. The van der Waals surface area contributed by atoms with E-state index in [1.165, 1.54) is 20.2 Å². The highest BCUT2D eigenvalue weighted by atomic mass is 31.1. The number of esters is 2. The number of ether oxygens (including phenoxy) is 3. The molecule has 0 amide bonds. The third-order valence-electron chi connectivity index (χ3n) is 4.66. The van der Waals surface area contributed by atoms with Crippen LogP contribution in [0.5, 0.6) is 0 Å². The van der Waals surface area contributed by atoms with Crippen molar-refractivity contribution in [3.05, 3.63) is 12.7 Å². The number of nitrogens with one attached hydrogen (secondary N) is 1. The number of nitrogen functional groups attached to an aromatic ring is 1. The minimum absolute atomic E-state index is 0.0816. The molecule has 2 heterocycles. The summed E-state index contributed by atoms with van der Waals surface area (Å²) in [5.41, 5.74) is 5.63. The average molecular weight is 514 g/mol. The van der Waals surface area contributed by atoms with E-state index in [0.29, 0.717) is 23.5 Å². The van der Waals surface area contributed by atoms with Crippen LogP contribution in [-0.4, -0.2) is 68.5 Å². The smallest absolute Gasteiger partial charge is 0.465 e. The number of hydrogen-bond donors (Lipinski definition) is 2. The Kier molecular flexibility index (Phi) is 10.4. The second kappa shape index (κ2) is 12.8. The SMILES string of the molecule is CCOC(=O)C(C)(C)N[P+](=O)OC(CCOC(C)Cn1cnc2c(N)ncnc21)C(=O)OC(C)C. The van der Waals surface area contributed by atoms with Gasteiger partial charge in [-0.05, 0) is 46.1 Å². The Bertz CT molecular complexity index is 1030. The molecule has 0 bridgehead atoms. The Hall–Kier alpha value is -2.73. The van der Waals surface area contributed by atoms with E-state index in [4.69, 9.17) is 24.5 Å². The summed E-state index contributed by atoms with van der Waals surface area (Å²) in [6.07, 6.45) is 1.21. The zero-order valence-corrected chi connectivity index (χ0v) is 21.8. The van der Waals surface area contributed by atoms with E-state index in [9.17, 15) is 14.2 Å². The zero-order valence-electron chi connectivity index (χ0n) is 20.9. The van der Waals surface area contributed by atoms with Crippen LogP contribution in [-0.2, 0) is 39.4 Å². The van der Waals surface area contributed by atoms with Gasteiger partial charge in [-0.15, -0.1) is 4.52 Å². The molecule has 0 aromatic carbocycles. The first-order valence-electron chi connectivity index (χ1n) is 11.3. The summed E-state index contributed by atoms with van der Waals surface area (Å²) >= 11 is 0. The first-order valence-corrected chi connectivity index (χ1v) is 12.4. The second-order valence-corrected chi connectivity index (χ2v) is 9.54. The van der Waals surface area contributed by atoms with Crippen LogP contribution in [0.15, 0.2) is 12.7 Å². The minimum atomic E-state index is -2.59. The number of carbonyl (C=O) groups excluding carboxylic acids is 2. The normalized spacial score (nSPS) is 14.1. The number of anilines is 1. The molecule has 2 aromatic heterocycles. The summed E-state index contributed by atoms with van der Waals surface area (Å²) in [4.78, 5) is 36.9. The van der Waals surface area contributed by atoms with Crippen molar-refractivity contribution < 1.29 is 32.9 Å². The van der Waals surface area contributed by atoms with Crippen LogP contribution in [0.4, 0.5) is 5.82 Å². The molecule has 0 saturated carbocycles. The lowest BCUT2D eigenvalue weighted by Gasteiger charge is -2.19. The van der Waals surface area contributed by atoms with E-state index in [1.807, 2.05) is 6.92 Å². The van der Waals surface area contributed by atoms with Crippen molar-refractivity contribution in [2.45, 2.75) is 78.4 Å². The maximum atomic E-state index is 12.6. The van der Waals surface area contributed by atoms with E-state index in [2.05, 4.69) is 20.0 Å². The zero-order chi connectivity index (χ0) is 26.2. The monoisotopic (exact) mass is 513 g/mol. The molecule has 3 N–H and O–H groups in total. The second-order valence-electron chi connectivity index (χ2n) is 8.59. The molecule has 0 aliphatic rings. The third-order valence-corrected chi connectivity index (χ3v) is 5.85. The highest BCUT2D eigenvalue weighted by Gasteiger charge is 2.42. The molecule has 2 aromatic rings. The van der Waals surface area contributed by atoms with Gasteiger partial charge in [-0.3, -0.25) is 0 Å². The highest BCUT2D eigenvalue weighted by Crippen LogP contribution is 2.27. The maximum Gasteiger partial charge on any atom is 0.614 e. The Balaban J connectivity index is 1.95. The summed E-state index contributed by atoms with van der Waals surface area (Å²) < 4.78 is 35.8. The number of aromatic nitrogens is 4. The van der Waals surface area contributed by atoms with E-state index in [1.54, 1.807) is 31.7 Å². The quantitative estimate of drug-likeness (QED) is 0.279. The maximum absolute atomic E-state index is 12.6. The van der Waals surface area contributed by atoms with Crippen LogP contribution < -0.4 is 10.8 Å². The molecule has 3 unspecified atom stereocenters. The van der Waals surface area contributed by atoms with E-state index in [0.717, 1.165) is 0 Å². The van der Waals surface area contributed by atoms with Gasteiger partial charge in [-0.2, -0.15) is 0 Å². The minimum Gasteiger partial charge on any atom is -0.465 e. The molecule has 0 aliphatic heterocycles. The molecule has 0 radical (unpaired) electrons. The van der Waals surface area contributed by atoms with Crippen molar-refractivity contribution in [1.29, 1.82) is 0 Å². The average Bonchev–Trinajstić information content (AvgIpc) is 3.16. The van der Waals surface area contributed by atoms with Gasteiger partial charge in [0.25, 0.3) is 0 Å². The molecule has 0 saturated heterocycles. The fourth-order valence-electron chi connectivity index (χ4n) is 2.99. The van der Waals surface area contributed by atoms with Gasteiger partial charge in [-0.1, -0.05) is 5.09 Å². The number of carbonyl (C=O) groups is 2. The van der Waals surface area contributed by atoms with Crippen LogP contribution in [0, 0.1) is 0 Å². The van der Waals surface area contributed by atoms with Crippen LogP contribution in [0.25, 0.3) is 11.2 Å². The number of nitrogens with zero attached hydrogens (tertiary/aromatic N) is 4. The molecule has 0 fully saturated rings. The predicted octanol–water partition coefficient (Wildman–Crippen LogP) is 2.13. The van der Waals surface area contributed by atoms with Crippen LogP contribution in [0.2, 0.25) is 0 Å². The first kappa shape index (κ1) is 28.5. The molecule has 194 valence electrons. The summed E-state index contributed by atoms with van der Waals surface area (Å²) in [6.45, 7) is 10.6. The number of nitrogens with two attached hydrogens (primary N) is 1. The summed E-state index contributed by atoms with van der Waals surface area (Å²) in [7, 11) is -2.59. The van der Waals surface area contributed by atoms with Gasteiger partial charge in [0.15, 0.2) is 17.0 Å². The summed E-state index contributed by atoms with van der Waals surface area (Å²) in [5.74, 6) is -0.979. The van der Waals surface area contributed by atoms with Crippen molar-refractivity contribution in [1.82, 2.24) is 24.6 Å². The predicted molar refractivity (Wildman–Crippen MR) is 127 cm³/mol. The van der Waals surface area contributed by atoms with Gasteiger partial charge in [0.1, 0.15) is 11.8 Å². The van der Waals surface area contributed by atoms with Crippen molar-refractivity contribution in [3.8, 4) is 0 Å². The standard InChI is InChI=1S/C21H34N6O7P/c1-7-31-20(29)21(5,6)26-35(30)34-15(19(28)33-13(2)3)8-9-32-14(4)10-27-12-25-16-17(22)23-11-24-18(16)27/h11-15H,7-10H2,1-6H3,(H,26,30)(H2,22,23,24)/q+1. The van der Waals surface area contributed by atoms with Crippen molar-refractivity contribution >= 4 is 37.1 Å². The van der Waals surface area contributed by atoms with Crippen molar-refractivity contribution in [2.24, 2.45) is 0 Å². The Morgan fingerprint density at radius 1 is 1.23 bits per heavy atom. The summed E-state index contributed by atoms with van der Waals surface area (Å²) in [5, 5.41) is 2.56. The number of rotatable bonds is 14. The van der Waals surface area contributed by atoms with Crippen LogP contribution >= 0.6 is 8.18 Å². The van der Waals surface area contributed by atoms with Gasteiger partial charge < -0.3 is 24.5 Å². The fraction of sp³-hybridized carbons (Fsp3) is 0.667. The molecule has 2 rings (SSSR count). The van der Waals surface area contributed by atoms with E-state index < -0.39 is 31.8 Å². The molecule has 3 atom stereocenters. The molecule has 14 heteroatoms. The van der Waals surface area contributed by atoms with Gasteiger partial charge in [0, 0.05) is 6.42 Å². The van der Waals surface area contributed by atoms with Crippen molar-refractivity contribution in [3.63, 3.8) is 0 Å². The molecule has 0 spiro atoms. The lowest BCUT2D eigenvalue weighted by Crippen LogP contribution is -2.45. The van der Waals surface area contributed by atoms with Gasteiger partial charge in [0.2, 0.25) is 6.10 Å². The fourth-order valence-corrected chi connectivity index (χ4v) is 4.01. The van der Waals surface area contributed by atoms with Crippen LogP contribution in [0.1, 0.15) is 48.0 Å². The van der Waals surface area contributed by atoms with Gasteiger partial charge >= 0.3 is 20.1 Å². The largest absolute Gasteiger partial charge is 0.614 e. The lowest BCUT2D eigenvalue weighted by molar-refractivity contribution is -0.156. The molecular weight excluding hydrogens is 479 g/mol. The van der Waals surface area contributed by atoms with Crippen LogP contribution in [0.3, 0.4) is 0 Å². The number of fused-ring (bicyclic) bond motifs is 1. The van der Waals surface area contributed by atoms with Gasteiger partial charge in [0.05, 0.1) is 38.3 Å². The first-order chi connectivity index (χ1) is 16.4. The molecular formula is C21H34N6O7P+. The highest BCUT2D eigenvalue weighted by molar-refractivity contribution is 7.36. The van der Waals surface area contributed by atoms with E-state index in [-0.39, 0.29) is 31.8 Å². The van der Waals surface area contributed by atoms with Crippen molar-refractivity contribution in [2.75, 3.05) is 18.9 Å². The summed E-state index contributed by atoms with van der Waals surface area (Å²) in [6, 6.07) is 0. The molecule has 13 nitrogen and oxygen atoms in total. The van der Waals surface area contributed by atoms with Gasteiger partial charge in [-0.25, -0.2) is 24.5 Å². The Morgan fingerprint density at radius 3 is 2.60 bits per heavy atom. The molecule has 35 heavy (non-hydrogen) atoms. The Morgan fingerprint density at radius 2 is 1.94 bits per heavy atom. The molecule has 0 aliphatic carbocycles.